The van der Waals surface area contributed by atoms with Crippen LogP contribution in [0.1, 0.15) is 5.56 Å². The molecule has 1 atom stereocenters. The molecule has 2 rings (SSSR count). The average Bonchev–Trinajstić information content (AvgIpc) is 2.98. The van der Waals surface area contributed by atoms with Gasteiger partial charge in [0, 0.05) is 19.2 Å². The molecule has 1 aliphatic heterocycles. The Kier molecular flexibility index (Phi) is 5.11. The fraction of sp³-hybridized carbons (Fsp3) is 0.167. The van der Waals surface area contributed by atoms with Crippen molar-refractivity contribution < 1.29 is 13.6 Å². The molecular formula is C18H18F2N2O. The van der Waals surface area contributed by atoms with Gasteiger partial charge in [-0.15, -0.1) is 0 Å². The predicted molar refractivity (Wildman–Crippen MR) is 87.8 cm³/mol. The van der Waals surface area contributed by atoms with E-state index in [4.69, 9.17) is 0 Å². The lowest BCUT2D eigenvalue weighted by Crippen LogP contribution is -2.42. The van der Waals surface area contributed by atoms with Crippen LogP contribution in [0.5, 0.6) is 0 Å². The minimum atomic E-state index is -0.525. The van der Waals surface area contributed by atoms with Crippen molar-refractivity contribution in [2.75, 3.05) is 13.6 Å². The van der Waals surface area contributed by atoms with Gasteiger partial charge in [0.25, 0.3) is 0 Å². The highest BCUT2D eigenvalue weighted by molar-refractivity contribution is 5.82. The number of rotatable bonds is 4. The summed E-state index contributed by atoms with van der Waals surface area (Å²) >= 11 is 0. The Bertz CT molecular complexity index is 707. The minimum Gasteiger partial charge on any atom is -0.341 e. The largest absolute Gasteiger partial charge is 0.341 e. The van der Waals surface area contributed by atoms with E-state index >= 15 is 0 Å². The lowest BCUT2D eigenvalue weighted by Gasteiger charge is -2.25. The molecule has 1 aliphatic rings. The number of urea groups is 1. The molecule has 1 heterocycles. The van der Waals surface area contributed by atoms with E-state index in [2.05, 4.69) is 18.5 Å². The fourth-order valence-corrected chi connectivity index (χ4v) is 2.58. The van der Waals surface area contributed by atoms with Gasteiger partial charge >= 0.3 is 6.03 Å². The maximum absolute atomic E-state index is 14.0. The van der Waals surface area contributed by atoms with E-state index < -0.39 is 17.7 Å². The van der Waals surface area contributed by atoms with Gasteiger partial charge in [-0.1, -0.05) is 37.5 Å². The molecule has 2 amide bonds. The van der Waals surface area contributed by atoms with E-state index in [0.717, 1.165) is 23.8 Å². The number of hydrogen-bond acceptors (Lipinski definition) is 1. The lowest BCUT2D eigenvalue weighted by molar-refractivity contribution is 0.205. The van der Waals surface area contributed by atoms with E-state index in [9.17, 15) is 13.6 Å². The molecule has 3 nitrogen and oxygen atoms in total. The van der Waals surface area contributed by atoms with Crippen molar-refractivity contribution in [2.45, 2.75) is 6.04 Å². The summed E-state index contributed by atoms with van der Waals surface area (Å²) in [5.41, 5.74) is 1.45. The third-order valence-electron chi connectivity index (χ3n) is 3.67. The van der Waals surface area contributed by atoms with E-state index in [-0.39, 0.29) is 18.1 Å². The van der Waals surface area contributed by atoms with Crippen LogP contribution in [0.4, 0.5) is 13.6 Å². The third kappa shape index (κ3) is 3.39. The number of nitrogens with one attached hydrogen (secondary N) is 1. The zero-order valence-corrected chi connectivity index (χ0v) is 12.9. The van der Waals surface area contributed by atoms with Crippen molar-refractivity contribution in [1.82, 2.24) is 10.2 Å². The highest BCUT2D eigenvalue weighted by Gasteiger charge is 2.31. The normalized spacial score (nSPS) is 17.7. The molecule has 0 saturated heterocycles. The van der Waals surface area contributed by atoms with Gasteiger partial charge in [-0.2, -0.15) is 0 Å². The first-order valence-electron chi connectivity index (χ1n) is 7.11. The molecule has 1 N–H and O–H groups in total. The summed E-state index contributed by atoms with van der Waals surface area (Å²) in [4.78, 5) is 13.6. The highest BCUT2D eigenvalue weighted by Crippen LogP contribution is 2.31. The Morgan fingerprint density at radius 2 is 2.13 bits per heavy atom. The molecule has 5 heteroatoms. The van der Waals surface area contributed by atoms with Gasteiger partial charge in [0.1, 0.15) is 11.6 Å². The summed E-state index contributed by atoms with van der Waals surface area (Å²) in [6.07, 6.45) is 6.68. The summed E-state index contributed by atoms with van der Waals surface area (Å²) in [5.74, 6) is -1.05. The number of carbonyl (C=O) groups is 1. The second kappa shape index (κ2) is 7.05. The molecule has 0 unspecified atom stereocenters. The van der Waals surface area contributed by atoms with Crippen LogP contribution in [0.3, 0.4) is 0 Å². The molecule has 0 aromatic heterocycles. The molecule has 0 spiro atoms. The summed E-state index contributed by atoms with van der Waals surface area (Å²) in [6, 6.07) is 2.56. The van der Waals surface area contributed by atoms with Crippen molar-refractivity contribution in [2.24, 2.45) is 0 Å². The van der Waals surface area contributed by atoms with Gasteiger partial charge in [0.2, 0.25) is 0 Å². The summed E-state index contributed by atoms with van der Waals surface area (Å²) in [5, 5.41) is 2.55. The first-order valence-corrected chi connectivity index (χ1v) is 7.11. The predicted octanol–water partition coefficient (Wildman–Crippen LogP) is 3.67. The van der Waals surface area contributed by atoms with Crippen LogP contribution in [-0.4, -0.2) is 30.6 Å². The maximum atomic E-state index is 14.0. The van der Waals surface area contributed by atoms with E-state index in [1.54, 1.807) is 24.3 Å². The van der Waals surface area contributed by atoms with Crippen LogP contribution < -0.4 is 5.32 Å². The smallest absolute Gasteiger partial charge is 0.318 e. The van der Waals surface area contributed by atoms with Crippen molar-refractivity contribution in [3.8, 4) is 0 Å². The monoisotopic (exact) mass is 316 g/mol. The Labute approximate surface area is 134 Å². The lowest BCUT2D eigenvalue weighted by atomic mass is 10.0. The Morgan fingerprint density at radius 3 is 2.74 bits per heavy atom. The highest BCUT2D eigenvalue weighted by atomic mass is 19.1. The standard InChI is InChI=1S/C18H18F2N2O/c1-4-6-12(5-2)17-9-13(11-22(17)18(23)21-3)15-10-14(19)7-8-16(15)20/h4-10,17H,1-2,11H2,3H3,(H,21,23)/b12-6+/t17-/m0/s1. The van der Waals surface area contributed by atoms with Gasteiger partial charge in [0.05, 0.1) is 6.04 Å². The summed E-state index contributed by atoms with van der Waals surface area (Å²) < 4.78 is 27.4. The Hall–Kier alpha value is -2.69. The first kappa shape index (κ1) is 16.7. The number of allylic oxidation sites excluding steroid dienone is 2. The maximum Gasteiger partial charge on any atom is 0.318 e. The summed E-state index contributed by atoms with van der Waals surface area (Å²) in [6.45, 7) is 7.55. The fourth-order valence-electron chi connectivity index (χ4n) is 2.58. The zero-order chi connectivity index (χ0) is 17.0. The molecule has 23 heavy (non-hydrogen) atoms. The topological polar surface area (TPSA) is 32.3 Å². The third-order valence-corrected chi connectivity index (χ3v) is 3.67. The van der Waals surface area contributed by atoms with Gasteiger partial charge in [0.15, 0.2) is 0 Å². The van der Waals surface area contributed by atoms with Crippen LogP contribution in [-0.2, 0) is 0 Å². The Balaban J connectivity index is 2.48. The Morgan fingerprint density at radius 1 is 1.39 bits per heavy atom. The summed E-state index contributed by atoms with van der Waals surface area (Å²) in [7, 11) is 1.52. The minimum absolute atomic E-state index is 0.156. The van der Waals surface area contributed by atoms with Crippen molar-refractivity contribution >= 4 is 11.6 Å². The molecule has 0 radical (unpaired) electrons. The van der Waals surface area contributed by atoms with Crippen LogP contribution in [0.2, 0.25) is 0 Å². The number of hydrogen-bond donors (Lipinski definition) is 1. The molecule has 0 saturated carbocycles. The zero-order valence-electron chi connectivity index (χ0n) is 12.9. The van der Waals surface area contributed by atoms with Gasteiger partial charge < -0.3 is 10.2 Å². The molecule has 0 fully saturated rings. The molecule has 0 bridgehead atoms. The van der Waals surface area contributed by atoms with Crippen molar-refractivity contribution in [3.63, 3.8) is 0 Å². The first-order chi connectivity index (χ1) is 11.0. The van der Waals surface area contributed by atoms with Crippen LogP contribution in [0.15, 0.2) is 61.2 Å². The number of carbonyl (C=O) groups excluding carboxylic acids is 1. The van der Waals surface area contributed by atoms with Crippen LogP contribution >= 0.6 is 0 Å². The average molecular weight is 316 g/mol. The molecule has 1 aromatic rings. The number of amides is 2. The molecule has 1 aromatic carbocycles. The van der Waals surface area contributed by atoms with Gasteiger partial charge in [-0.05, 0) is 29.3 Å². The number of benzene rings is 1. The quantitative estimate of drug-likeness (QED) is 0.845. The number of halogens is 2. The van der Waals surface area contributed by atoms with Crippen LogP contribution in [0, 0.1) is 11.6 Å². The van der Waals surface area contributed by atoms with E-state index in [1.165, 1.54) is 11.9 Å². The van der Waals surface area contributed by atoms with E-state index in [0.29, 0.717) is 5.57 Å². The molecular weight excluding hydrogens is 298 g/mol. The molecule has 120 valence electrons. The second-order valence-corrected chi connectivity index (χ2v) is 5.05. The van der Waals surface area contributed by atoms with Gasteiger partial charge in [-0.3, -0.25) is 0 Å². The van der Waals surface area contributed by atoms with E-state index in [1.807, 2.05) is 0 Å². The van der Waals surface area contributed by atoms with Gasteiger partial charge in [-0.25, -0.2) is 13.6 Å². The SMILES string of the molecule is C=C/C=C(\C=C)[C@@H]1C=C(c2cc(F)ccc2F)CN1C(=O)NC. The van der Waals surface area contributed by atoms with Crippen molar-refractivity contribution in [3.05, 3.63) is 78.4 Å². The van der Waals surface area contributed by atoms with Crippen LogP contribution in [0.25, 0.3) is 5.57 Å². The second-order valence-electron chi connectivity index (χ2n) is 5.05. The van der Waals surface area contributed by atoms with Crippen molar-refractivity contribution in [1.29, 1.82) is 0 Å². The molecule has 0 aliphatic carbocycles. The number of nitrogens with zero attached hydrogens (tertiary/aromatic N) is 1.